The van der Waals surface area contributed by atoms with Crippen LogP contribution in [0.2, 0.25) is 0 Å². The highest BCUT2D eigenvalue weighted by molar-refractivity contribution is 5.94. The summed E-state index contributed by atoms with van der Waals surface area (Å²) in [4.78, 5) is 12.6. The van der Waals surface area contributed by atoms with Gasteiger partial charge in [0.15, 0.2) is 11.3 Å². The number of furan rings is 1. The number of carbonyl (C=O) groups excluding carboxylic acids is 1. The zero-order valence-corrected chi connectivity index (χ0v) is 15.8. The van der Waals surface area contributed by atoms with E-state index in [1.807, 2.05) is 68.4 Å². The molecule has 2 heterocycles. The molecule has 142 valence electrons. The summed E-state index contributed by atoms with van der Waals surface area (Å²) < 4.78 is 13.3. The van der Waals surface area contributed by atoms with E-state index in [4.69, 9.17) is 9.15 Å². The highest BCUT2D eigenvalue weighted by atomic mass is 16.5. The Kier molecular flexibility index (Phi) is 4.85. The monoisotopic (exact) mass is 375 g/mol. The van der Waals surface area contributed by atoms with Crippen LogP contribution in [-0.2, 0) is 0 Å². The van der Waals surface area contributed by atoms with Crippen molar-refractivity contribution in [3.63, 3.8) is 0 Å². The number of benzene rings is 2. The molecule has 6 heteroatoms. The minimum Gasteiger partial charge on any atom is -0.490 e. The van der Waals surface area contributed by atoms with E-state index in [0.29, 0.717) is 29.3 Å². The lowest BCUT2D eigenvalue weighted by Crippen LogP contribution is -2.26. The molecule has 2 aromatic carbocycles. The largest absolute Gasteiger partial charge is 0.490 e. The molecule has 6 nitrogen and oxygen atoms in total. The number of nitrogens with zero attached hydrogens (tertiary/aromatic N) is 2. The van der Waals surface area contributed by atoms with E-state index in [9.17, 15) is 4.79 Å². The Morgan fingerprint density at radius 1 is 1.21 bits per heavy atom. The van der Waals surface area contributed by atoms with Gasteiger partial charge in [-0.25, -0.2) is 4.68 Å². The number of nitrogens with one attached hydrogen (secondary N) is 1. The second-order valence-electron chi connectivity index (χ2n) is 6.46. The van der Waals surface area contributed by atoms with Crippen LogP contribution in [0.25, 0.3) is 16.7 Å². The van der Waals surface area contributed by atoms with Crippen LogP contribution >= 0.6 is 0 Å². The minimum absolute atomic E-state index is 0.208. The molecule has 1 atom stereocenters. The third kappa shape index (κ3) is 3.49. The number of hydrogen-bond acceptors (Lipinski definition) is 4. The number of rotatable bonds is 6. The molecule has 2 aromatic heterocycles. The first-order valence-corrected chi connectivity index (χ1v) is 9.22. The van der Waals surface area contributed by atoms with Gasteiger partial charge in [0.25, 0.3) is 5.91 Å². The molecule has 0 bridgehead atoms. The quantitative estimate of drug-likeness (QED) is 0.538. The van der Waals surface area contributed by atoms with Gasteiger partial charge in [0.2, 0.25) is 0 Å². The fourth-order valence-electron chi connectivity index (χ4n) is 3.05. The highest BCUT2D eigenvalue weighted by Gasteiger charge is 2.18. The number of hydrogen-bond donors (Lipinski definition) is 1. The fourth-order valence-corrected chi connectivity index (χ4v) is 3.05. The van der Waals surface area contributed by atoms with Gasteiger partial charge in [-0.3, -0.25) is 4.79 Å². The first-order chi connectivity index (χ1) is 13.7. The number of ether oxygens (including phenoxy) is 1. The van der Waals surface area contributed by atoms with Crippen LogP contribution in [0, 0.1) is 0 Å². The molecule has 4 rings (SSSR count). The van der Waals surface area contributed by atoms with Crippen LogP contribution < -0.4 is 10.1 Å². The van der Waals surface area contributed by atoms with Crippen LogP contribution in [0.3, 0.4) is 0 Å². The van der Waals surface area contributed by atoms with Gasteiger partial charge in [0.05, 0.1) is 30.1 Å². The van der Waals surface area contributed by atoms with Gasteiger partial charge in [-0.1, -0.05) is 30.3 Å². The number of para-hydroxylation sites is 2. The molecule has 0 fully saturated rings. The van der Waals surface area contributed by atoms with E-state index in [-0.39, 0.29) is 11.9 Å². The maximum Gasteiger partial charge on any atom is 0.255 e. The third-order valence-electron chi connectivity index (χ3n) is 4.47. The molecule has 0 saturated carbocycles. The predicted molar refractivity (Wildman–Crippen MR) is 107 cm³/mol. The van der Waals surface area contributed by atoms with Gasteiger partial charge in [0.1, 0.15) is 5.76 Å². The molecule has 0 aliphatic heterocycles. The Bertz CT molecular complexity index is 1100. The van der Waals surface area contributed by atoms with Crippen molar-refractivity contribution >= 4 is 16.9 Å². The Morgan fingerprint density at radius 2 is 2.04 bits per heavy atom. The Morgan fingerprint density at radius 3 is 2.82 bits per heavy atom. The summed E-state index contributed by atoms with van der Waals surface area (Å²) in [5.41, 5.74) is 2.08. The van der Waals surface area contributed by atoms with Crippen molar-refractivity contribution in [1.29, 1.82) is 0 Å². The van der Waals surface area contributed by atoms with Crippen molar-refractivity contribution in [2.75, 3.05) is 6.61 Å². The number of amides is 1. The second kappa shape index (κ2) is 7.60. The smallest absolute Gasteiger partial charge is 0.255 e. The molecular formula is C22H21N3O3. The van der Waals surface area contributed by atoms with Crippen molar-refractivity contribution in [2.45, 2.75) is 19.9 Å². The van der Waals surface area contributed by atoms with Crippen LogP contribution in [0.1, 0.15) is 36.0 Å². The summed E-state index contributed by atoms with van der Waals surface area (Å²) >= 11 is 0. The predicted octanol–water partition coefficient (Wildman–Crippen LogP) is 4.51. The van der Waals surface area contributed by atoms with Gasteiger partial charge in [-0.15, -0.1) is 0 Å². The van der Waals surface area contributed by atoms with Crippen molar-refractivity contribution in [3.8, 4) is 11.4 Å². The summed E-state index contributed by atoms with van der Waals surface area (Å²) in [5, 5.41) is 8.18. The molecule has 28 heavy (non-hydrogen) atoms. The maximum atomic E-state index is 12.6. The zero-order chi connectivity index (χ0) is 19.5. The molecule has 1 amide bonds. The van der Waals surface area contributed by atoms with Gasteiger partial charge >= 0.3 is 0 Å². The van der Waals surface area contributed by atoms with Crippen molar-refractivity contribution in [3.05, 3.63) is 78.3 Å². The number of aromatic nitrogens is 2. The van der Waals surface area contributed by atoms with Crippen LogP contribution in [-0.4, -0.2) is 22.3 Å². The van der Waals surface area contributed by atoms with E-state index in [2.05, 4.69) is 10.4 Å². The van der Waals surface area contributed by atoms with E-state index in [1.54, 1.807) is 17.1 Å². The molecular weight excluding hydrogens is 354 g/mol. The molecule has 0 radical (unpaired) electrons. The number of carbonyl (C=O) groups is 1. The Hall–Kier alpha value is -3.54. The van der Waals surface area contributed by atoms with Gasteiger partial charge in [-0.05, 0) is 38.1 Å². The average Bonchev–Trinajstić information content (AvgIpc) is 3.37. The van der Waals surface area contributed by atoms with E-state index in [0.717, 1.165) is 11.1 Å². The summed E-state index contributed by atoms with van der Waals surface area (Å²) in [6.07, 6.45) is 3.27. The summed E-state index contributed by atoms with van der Waals surface area (Å²) in [6.45, 7) is 4.38. The average molecular weight is 375 g/mol. The number of fused-ring (bicyclic) bond motifs is 1. The highest BCUT2D eigenvalue weighted by Crippen LogP contribution is 2.31. The minimum atomic E-state index is -0.297. The zero-order valence-electron chi connectivity index (χ0n) is 15.8. The molecule has 1 N–H and O–H groups in total. The first-order valence-electron chi connectivity index (χ1n) is 9.22. The van der Waals surface area contributed by atoms with Gasteiger partial charge in [-0.2, -0.15) is 5.10 Å². The molecule has 1 unspecified atom stereocenters. The van der Waals surface area contributed by atoms with Crippen molar-refractivity contribution in [2.24, 2.45) is 0 Å². The standard InChI is InChI=1S/C22H21N3O3/c1-3-27-19-11-7-8-16-12-20(28-21(16)19)15(2)24-22(26)17-13-23-25(14-17)18-9-5-4-6-10-18/h4-15H,3H2,1-2H3,(H,24,26). The lowest BCUT2D eigenvalue weighted by molar-refractivity contribution is 0.0935. The van der Waals surface area contributed by atoms with E-state index >= 15 is 0 Å². The normalized spacial score (nSPS) is 12.1. The first kappa shape index (κ1) is 17.9. The lowest BCUT2D eigenvalue weighted by atomic mass is 10.2. The summed E-state index contributed by atoms with van der Waals surface area (Å²) in [7, 11) is 0. The van der Waals surface area contributed by atoms with E-state index < -0.39 is 0 Å². The molecule has 0 aliphatic rings. The molecule has 0 saturated heterocycles. The molecule has 4 aromatic rings. The van der Waals surface area contributed by atoms with Crippen molar-refractivity contribution in [1.82, 2.24) is 15.1 Å². The van der Waals surface area contributed by atoms with Crippen LogP contribution in [0.5, 0.6) is 5.75 Å². The molecule has 0 aliphatic carbocycles. The Balaban J connectivity index is 1.51. The lowest BCUT2D eigenvalue weighted by Gasteiger charge is -2.10. The maximum absolute atomic E-state index is 12.6. The molecule has 0 spiro atoms. The summed E-state index contributed by atoms with van der Waals surface area (Å²) in [6, 6.07) is 17.0. The van der Waals surface area contributed by atoms with Crippen molar-refractivity contribution < 1.29 is 13.9 Å². The van der Waals surface area contributed by atoms with Crippen LogP contribution in [0.4, 0.5) is 0 Å². The van der Waals surface area contributed by atoms with Gasteiger partial charge < -0.3 is 14.5 Å². The SMILES string of the molecule is CCOc1cccc2cc(C(C)NC(=O)c3cnn(-c4ccccc4)c3)oc12. The topological polar surface area (TPSA) is 69.3 Å². The van der Waals surface area contributed by atoms with Crippen LogP contribution in [0.15, 0.2) is 71.4 Å². The van der Waals surface area contributed by atoms with E-state index in [1.165, 1.54) is 0 Å². The second-order valence-corrected chi connectivity index (χ2v) is 6.46. The third-order valence-corrected chi connectivity index (χ3v) is 4.47. The van der Waals surface area contributed by atoms with Gasteiger partial charge in [0, 0.05) is 11.6 Å². The Labute approximate surface area is 162 Å². The summed E-state index contributed by atoms with van der Waals surface area (Å²) in [5.74, 6) is 1.17. The fraction of sp³-hybridized carbons (Fsp3) is 0.182.